The van der Waals surface area contributed by atoms with Crippen molar-refractivity contribution < 1.29 is 19.1 Å². The minimum Gasteiger partial charge on any atom is -0.486 e. The molecule has 0 bridgehead atoms. The molecule has 152 valence electrons. The fraction of sp³-hybridized carbons (Fsp3) is 0.364. The van der Waals surface area contributed by atoms with Gasteiger partial charge >= 0.3 is 11.8 Å². The van der Waals surface area contributed by atoms with Gasteiger partial charge in [-0.3, -0.25) is 14.5 Å². The molecule has 7 heteroatoms. The Bertz CT molecular complexity index is 864. The highest BCUT2D eigenvalue weighted by atomic mass is 16.6. The van der Waals surface area contributed by atoms with Gasteiger partial charge in [0.1, 0.15) is 13.2 Å². The summed E-state index contributed by atoms with van der Waals surface area (Å²) in [4.78, 5) is 26.9. The Morgan fingerprint density at radius 1 is 0.931 bits per heavy atom. The van der Waals surface area contributed by atoms with Crippen LogP contribution in [0, 0.1) is 0 Å². The zero-order valence-electron chi connectivity index (χ0n) is 16.2. The van der Waals surface area contributed by atoms with E-state index in [9.17, 15) is 9.59 Å². The Labute approximate surface area is 170 Å². The highest BCUT2D eigenvalue weighted by Crippen LogP contribution is 2.32. The van der Waals surface area contributed by atoms with Crippen LogP contribution in [0.3, 0.4) is 0 Å². The van der Waals surface area contributed by atoms with Crippen LogP contribution in [0.25, 0.3) is 0 Å². The van der Waals surface area contributed by atoms with Crippen molar-refractivity contribution in [2.75, 3.05) is 31.6 Å². The van der Waals surface area contributed by atoms with Crippen molar-refractivity contribution in [1.29, 1.82) is 0 Å². The molecule has 2 aromatic rings. The number of nitrogens with zero attached hydrogens (tertiary/aromatic N) is 1. The Morgan fingerprint density at radius 3 is 2.41 bits per heavy atom. The van der Waals surface area contributed by atoms with E-state index in [1.807, 2.05) is 18.2 Å². The van der Waals surface area contributed by atoms with Gasteiger partial charge < -0.3 is 20.1 Å². The minimum absolute atomic E-state index is 0.0144. The van der Waals surface area contributed by atoms with E-state index < -0.39 is 11.8 Å². The summed E-state index contributed by atoms with van der Waals surface area (Å²) in [5, 5.41) is 5.48. The molecule has 0 aliphatic carbocycles. The number of fused-ring (bicyclic) bond motifs is 1. The zero-order chi connectivity index (χ0) is 20.1. The van der Waals surface area contributed by atoms with Gasteiger partial charge in [-0.25, -0.2) is 0 Å². The molecule has 2 aromatic carbocycles. The smallest absolute Gasteiger partial charge is 0.313 e. The first-order chi connectivity index (χ1) is 14.2. The van der Waals surface area contributed by atoms with Crippen LogP contribution in [0.15, 0.2) is 48.5 Å². The molecule has 7 nitrogen and oxygen atoms in total. The lowest BCUT2D eigenvalue weighted by Crippen LogP contribution is -2.47. The van der Waals surface area contributed by atoms with Gasteiger partial charge in [0.25, 0.3) is 0 Å². The maximum atomic E-state index is 12.3. The minimum atomic E-state index is -0.673. The van der Waals surface area contributed by atoms with Gasteiger partial charge in [-0.05, 0) is 30.5 Å². The van der Waals surface area contributed by atoms with Crippen molar-refractivity contribution in [2.24, 2.45) is 0 Å². The molecule has 1 fully saturated rings. The molecule has 0 unspecified atom stereocenters. The third-order valence-electron chi connectivity index (χ3n) is 5.18. The van der Waals surface area contributed by atoms with Crippen LogP contribution >= 0.6 is 0 Å². The second kappa shape index (κ2) is 8.96. The fourth-order valence-corrected chi connectivity index (χ4v) is 3.64. The molecule has 4 rings (SSSR count). The third-order valence-corrected chi connectivity index (χ3v) is 5.18. The molecular weight excluding hydrogens is 370 g/mol. The quantitative estimate of drug-likeness (QED) is 0.776. The lowest BCUT2D eigenvalue weighted by atomic mass is 10.0. The molecule has 1 saturated heterocycles. The Morgan fingerprint density at radius 2 is 1.66 bits per heavy atom. The first kappa shape index (κ1) is 19.3. The molecule has 0 radical (unpaired) electrons. The molecule has 2 heterocycles. The number of rotatable bonds is 4. The summed E-state index contributed by atoms with van der Waals surface area (Å²) in [6.07, 6.45) is 1.66. The number of carbonyl (C=O) groups excluding carboxylic acids is 2. The highest BCUT2D eigenvalue weighted by Gasteiger charge is 2.24. The largest absolute Gasteiger partial charge is 0.486 e. The SMILES string of the molecule is O=C(Nc1ccc2c(c1)OCCO2)C(=O)NC1CCN(Cc2ccccc2)CC1. The summed E-state index contributed by atoms with van der Waals surface area (Å²) >= 11 is 0. The molecule has 2 aliphatic heterocycles. The number of benzene rings is 2. The van der Waals surface area contributed by atoms with E-state index in [0.717, 1.165) is 32.5 Å². The highest BCUT2D eigenvalue weighted by molar-refractivity contribution is 6.39. The van der Waals surface area contributed by atoms with Crippen molar-refractivity contribution >= 4 is 17.5 Å². The predicted molar refractivity (Wildman–Crippen MR) is 109 cm³/mol. The summed E-state index contributed by atoms with van der Waals surface area (Å²) in [5.74, 6) is -0.0731. The van der Waals surface area contributed by atoms with Gasteiger partial charge in [-0.1, -0.05) is 30.3 Å². The fourth-order valence-electron chi connectivity index (χ4n) is 3.64. The summed E-state index contributed by atoms with van der Waals surface area (Å²) < 4.78 is 11.0. The van der Waals surface area contributed by atoms with Gasteiger partial charge in [0.15, 0.2) is 11.5 Å². The van der Waals surface area contributed by atoms with Crippen molar-refractivity contribution in [3.63, 3.8) is 0 Å². The summed E-state index contributed by atoms with van der Waals surface area (Å²) in [6, 6.07) is 15.5. The number of hydrogen-bond donors (Lipinski definition) is 2. The van der Waals surface area contributed by atoms with E-state index in [4.69, 9.17) is 9.47 Å². The molecule has 2 N–H and O–H groups in total. The van der Waals surface area contributed by atoms with Crippen LogP contribution in [0.1, 0.15) is 18.4 Å². The lowest BCUT2D eigenvalue weighted by Gasteiger charge is -2.32. The van der Waals surface area contributed by atoms with Gasteiger partial charge in [-0.15, -0.1) is 0 Å². The average Bonchev–Trinajstić information content (AvgIpc) is 2.76. The number of amides is 2. The molecule has 2 aliphatic rings. The molecule has 0 spiro atoms. The second-order valence-corrected chi connectivity index (χ2v) is 7.32. The van der Waals surface area contributed by atoms with Crippen LogP contribution < -0.4 is 20.1 Å². The van der Waals surface area contributed by atoms with Gasteiger partial charge in [0.2, 0.25) is 0 Å². The number of piperidine rings is 1. The van der Waals surface area contributed by atoms with E-state index in [2.05, 4.69) is 27.7 Å². The Hall–Kier alpha value is -3.06. The molecule has 0 atom stereocenters. The topological polar surface area (TPSA) is 79.9 Å². The van der Waals surface area contributed by atoms with Crippen molar-refractivity contribution in [1.82, 2.24) is 10.2 Å². The molecule has 2 amide bonds. The number of nitrogens with one attached hydrogen (secondary N) is 2. The maximum Gasteiger partial charge on any atom is 0.313 e. The summed E-state index contributed by atoms with van der Waals surface area (Å²) in [7, 11) is 0. The number of anilines is 1. The Kier molecular flexibility index (Phi) is 5.95. The van der Waals surface area contributed by atoms with Crippen molar-refractivity contribution in [3.8, 4) is 11.5 Å². The molecule has 0 saturated carbocycles. The monoisotopic (exact) mass is 395 g/mol. The van der Waals surface area contributed by atoms with Crippen LogP contribution in [0.2, 0.25) is 0 Å². The first-order valence-corrected chi connectivity index (χ1v) is 9.95. The van der Waals surface area contributed by atoms with Crippen LogP contribution in [0.5, 0.6) is 11.5 Å². The number of hydrogen-bond acceptors (Lipinski definition) is 5. The van der Waals surface area contributed by atoms with Crippen LogP contribution in [-0.4, -0.2) is 49.1 Å². The Balaban J connectivity index is 1.24. The van der Waals surface area contributed by atoms with Crippen molar-refractivity contribution in [3.05, 3.63) is 54.1 Å². The second-order valence-electron chi connectivity index (χ2n) is 7.32. The van der Waals surface area contributed by atoms with Crippen molar-refractivity contribution in [2.45, 2.75) is 25.4 Å². The lowest BCUT2D eigenvalue weighted by molar-refractivity contribution is -0.136. The molecule has 29 heavy (non-hydrogen) atoms. The van der Waals surface area contributed by atoms with Gasteiger partial charge in [-0.2, -0.15) is 0 Å². The number of ether oxygens (including phenoxy) is 2. The predicted octanol–water partition coefficient (Wildman–Crippen LogP) is 2.18. The maximum absolute atomic E-state index is 12.3. The van der Waals surface area contributed by atoms with Gasteiger partial charge in [0, 0.05) is 37.4 Å². The summed E-state index contributed by atoms with van der Waals surface area (Å²) in [6.45, 7) is 3.67. The zero-order valence-corrected chi connectivity index (χ0v) is 16.2. The van der Waals surface area contributed by atoms with E-state index in [0.29, 0.717) is 30.4 Å². The van der Waals surface area contributed by atoms with Crippen LogP contribution in [0.4, 0.5) is 5.69 Å². The van der Waals surface area contributed by atoms with E-state index >= 15 is 0 Å². The standard InChI is InChI=1S/C22H25N3O4/c26-21(22(27)24-18-6-7-19-20(14-18)29-13-12-28-19)23-17-8-10-25(11-9-17)15-16-4-2-1-3-5-16/h1-7,14,17H,8-13,15H2,(H,23,26)(H,24,27). The first-order valence-electron chi connectivity index (χ1n) is 9.95. The summed E-state index contributed by atoms with van der Waals surface area (Å²) in [5.41, 5.74) is 1.79. The third kappa shape index (κ3) is 5.06. The van der Waals surface area contributed by atoms with Crippen LogP contribution in [-0.2, 0) is 16.1 Å². The number of carbonyl (C=O) groups is 2. The average molecular weight is 395 g/mol. The van der Waals surface area contributed by atoms with E-state index in [1.165, 1.54) is 5.56 Å². The normalized spacial score (nSPS) is 16.8. The van der Waals surface area contributed by atoms with Gasteiger partial charge in [0.05, 0.1) is 0 Å². The molecule has 0 aromatic heterocycles. The van der Waals surface area contributed by atoms with E-state index in [-0.39, 0.29) is 6.04 Å². The van der Waals surface area contributed by atoms with E-state index in [1.54, 1.807) is 18.2 Å². The molecular formula is C22H25N3O4. The number of likely N-dealkylation sites (tertiary alicyclic amines) is 1.